The van der Waals surface area contributed by atoms with Gasteiger partial charge in [-0.25, -0.2) is 0 Å². The molecule has 20 heavy (non-hydrogen) atoms. The number of carbonyl (C=O) groups is 1. The number of aromatic nitrogens is 2. The van der Waals surface area contributed by atoms with E-state index in [1.807, 2.05) is 24.3 Å². The van der Waals surface area contributed by atoms with E-state index in [1.54, 1.807) is 13.2 Å². The summed E-state index contributed by atoms with van der Waals surface area (Å²) in [6, 6.07) is 7.90. The van der Waals surface area contributed by atoms with Crippen molar-refractivity contribution in [1.29, 1.82) is 0 Å². The molecule has 0 radical (unpaired) electrons. The summed E-state index contributed by atoms with van der Waals surface area (Å²) in [5.41, 5.74) is 7.47. The van der Waals surface area contributed by atoms with Crippen LogP contribution in [-0.4, -0.2) is 22.2 Å². The first kappa shape index (κ1) is 12.7. The second-order valence-electron chi connectivity index (χ2n) is 5.07. The Morgan fingerprint density at radius 2 is 2.30 bits per heavy atom. The summed E-state index contributed by atoms with van der Waals surface area (Å²) in [5.74, 6) is 1.54. The Kier molecular flexibility index (Phi) is 3.18. The molecule has 1 aliphatic heterocycles. The van der Waals surface area contributed by atoms with Crippen molar-refractivity contribution in [3.63, 3.8) is 0 Å². The van der Waals surface area contributed by atoms with Crippen molar-refractivity contribution in [3.05, 3.63) is 41.6 Å². The third kappa shape index (κ3) is 2.15. The van der Waals surface area contributed by atoms with Crippen molar-refractivity contribution >= 4 is 11.6 Å². The van der Waals surface area contributed by atoms with E-state index in [1.165, 1.54) is 4.68 Å². The molecule has 5 nitrogen and oxygen atoms in total. The van der Waals surface area contributed by atoms with Crippen LogP contribution < -0.4 is 10.5 Å². The molecule has 1 atom stereocenters. The van der Waals surface area contributed by atoms with E-state index in [0.29, 0.717) is 24.4 Å². The number of nitrogen functional groups attached to an aromatic ring is 1. The third-order valence-electron chi connectivity index (χ3n) is 3.80. The second-order valence-corrected chi connectivity index (χ2v) is 5.07. The first-order valence-electron chi connectivity index (χ1n) is 6.69. The van der Waals surface area contributed by atoms with Gasteiger partial charge in [0.25, 0.3) is 0 Å². The van der Waals surface area contributed by atoms with Crippen molar-refractivity contribution in [2.75, 3.05) is 12.3 Å². The summed E-state index contributed by atoms with van der Waals surface area (Å²) >= 11 is 0. The van der Waals surface area contributed by atoms with Crippen LogP contribution in [0.25, 0.3) is 0 Å². The molecule has 2 aromatic rings. The predicted octanol–water partition coefficient (Wildman–Crippen LogP) is 2.14. The van der Waals surface area contributed by atoms with Crippen molar-refractivity contribution in [2.24, 2.45) is 7.05 Å². The summed E-state index contributed by atoms with van der Waals surface area (Å²) < 4.78 is 7.14. The van der Waals surface area contributed by atoms with E-state index in [-0.39, 0.29) is 11.7 Å². The van der Waals surface area contributed by atoms with E-state index in [2.05, 4.69) is 5.10 Å². The Labute approximate surface area is 117 Å². The summed E-state index contributed by atoms with van der Waals surface area (Å²) in [7, 11) is 1.73. The molecule has 2 N–H and O–H groups in total. The molecular formula is C15H17N3O2. The molecule has 0 saturated carbocycles. The lowest BCUT2D eigenvalue weighted by molar-refractivity contribution is 0.0966. The zero-order valence-electron chi connectivity index (χ0n) is 11.4. The minimum atomic E-state index is 0.0392. The number of aryl methyl sites for hydroxylation is 1. The molecule has 104 valence electrons. The van der Waals surface area contributed by atoms with Crippen LogP contribution in [0, 0.1) is 0 Å². The van der Waals surface area contributed by atoms with Gasteiger partial charge >= 0.3 is 0 Å². The number of fused-ring (bicyclic) bond motifs is 1. The Bertz CT molecular complexity index is 648. The molecule has 1 unspecified atom stereocenters. The van der Waals surface area contributed by atoms with E-state index >= 15 is 0 Å². The van der Waals surface area contributed by atoms with Crippen LogP contribution in [0.4, 0.5) is 5.82 Å². The van der Waals surface area contributed by atoms with E-state index in [0.717, 1.165) is 17.7 Å². The van der Waals surface area contributed by atoms with Gasteiger partial charge in [-0.15, -0.1) is 0 Å². The van der Waals surface area contributed by atoms with Gasteiger partial charge in [0.2, 0.25) is 0 Å². The van der Waals surface area contributed by atoms with Gasteiger partial charge < -0.3 is 10.5 Å². The van der Waals surface area contributed by atoms with Crippen molar-refractivity contribution in [1.82, 2.24) is 9.78 Å². The minimum absolute atomic E-state index is 0.0392. The second kappa shape index (κ2) is 5.00. The number of hydrogen-bond acceptors (Lipinski definition) is 4. The average molecular weight is 271 g/mol. The van der Waals surface area contributed by atoms with Crippen molar-refractivity contribution in [3.8, 4) is 5.75 Å². The number of ketones is 1. The first-order chi connectivity index (χ1) is 9.66. The van der Waals surface area contributed by atoms with Crippen LogP contribution in [0.2, 0.25) is 0 Å². The maximum atomic E-state index is 12.4. The number of nitrogens with two attached hydrogens (primary N) is 1. The summed E-state index contributed by atoms with van der Waals surface area (Å²) in [4.78, 5) is 12.4. The standard InChI is InChI=1S/C15H17N3O2/c1-18-15(16)12(9-17-18)13(19)8-10-6-7-20-14-5-3-2-4-11(10)14/h2-5,9-10H,6-8,16H2,1H3. The Hall–Kier alpha value is -2.30. The normalized spacial score (nSPS) is 17.4. The molecule has 1 aromatic carbocycles. The fraction of sp³-hybridized carbons (Fsp3) is 0.333. The molecule has 1 aromatic heterocycles. The Balaban J connectivity index is 1.82. The van der Waals surface area contributed by atoms with Crippen LogP contribution in [0.5, 0.6) is 5.75 Å². The number of Topliss-reactive ketones (excluding diaryl/α,β-unsaturated/α-hetero) is 1. The lowest BCUT2D eigenvalue weighted by Crippen LogP contribution is -2.17. The number of benzene rings is 1. The number of ether oxygens (including phenoxy) is 1. The van der Waals surface area contributed by atoms with E-state index < -0.39 is 0 Å². The number of hydrogen-bond donors (Lipinski definition) is 1. The maximum absolute atomic E-state index is 12.4. The summed E-state index contributed by atoms with van der Waals surface area (Å²) in [6.45, 7) is 0.650. The fourth-order valence-electron chi connectivity index (χ4n) is 2.62. The van der Waals surface area contributed by atoms with Crippen LogP contribution in [0.15, 0.2) is 30.5 Å². The molecule has 0 amide bonds. The summed E-state index contributed by atoms with van der Waals surface area (Å²) in [6.07, 6.45) is 2.84. The highest BCUT2D eigenvalue weighted by Gasteiger charge is 2.25. The molecule has 5 heteroatoms. The SMILES string of the molecule is Cn1ncc(C(=O)CC2CCOc3ccccc32)c1N. The van der Waals surface area contributed by atoms with Gasteiger partial charge in [0, 0.05) is 13.5 Å². The molecule has 0 saturated heterocycles. The number of anilines is 1. The average Bonchev–Trinajstić information content (AvgIpc) is 2.79. The highest BCUT2D eigenvalue weighted by Crippen LogP contribution is 2.36. The Morgan fingerprint density at radius 1 is 1.50 bits per heavy atom. The number of carbonyl (C=O) groups excluding carboxylic acids is 1. The van der Waals surface area contributed by atoms with Gasteiger partial charge in [0.15, 0.2) is 5.78 Å². The van der Waals surface area contributed by atoms with Crippen LogP contribution >= 0.6 is 0 Å². The Morgan fingerprint density at radius 3 is 3.05 bits per heavy atom. The largest absolute Gasteiger partial charge is 0.493 e. The predicted molar refractivity (Wildman–Crippen MR) is 75.9 cm³/mol. The van der Waals surface area contributed by atoms with Gasteiger partial charge in [-0.3, -0.25) is 9.48 Å². The topological polar surface area (TPSA) is 70.1 Å². The third-order valence-corrected chi connectivity index (χ3v) is 3.80. The molecule has 1 aliphatic rings. The smallest absolute Gasteiger partial charge is 0.168 e. The summed E-state index contributed by atoms with van der Waals surface area (Å²) in [5, 5.41) is 4.02. The maximum Gasteiger partial charge on any atom is 0.168 e. The zero-order valence-corrected chi connectivity index (χ0v) is 11.4. The molecule has 2 heterocycles. The highest BCUT2D eigenvalue weighted by molar-refractivity contribution is 6.00. The number of nitrogens with zero attached hydrogens (tertiary/aromatic N) is 2. The fourth-order valence-corrected chi connectivity index (χ4v) is 2.62. The van der Waals surface area contributed by atoms with E-state index in [9.17, 15) is 4.79 Å². The molecular weight excluding hydrogens is 254 g/mol. The van der Waals surface area contributed by atoms with Crippen molar-refractivity contribution < 1.29 is 9.53 Å². The molecule has 0 bridgehead atoms. The van der Waals surface area contributed by atoms with Gasteiger partial charge in [0.05, 0.1) is 18.4 Å². The van der Waals surface area contributed by atoms with Crippen LogP contribution in [0.3, 0.4) is 0 Å². The first-order valence-corrected chi connectivity index (χ1v) is 6.69. The minimum Gasteiger partial charge on any atom is -0.493 e. The lowest BCUT2D eigenvalue weighted by Gasteiger charge is -2.25. The molecule has 0 spiro atoms. The number of rotatable bonds is 3. The van der Waals surface area contributed by atoms with Gasteiger partial charge in [-0.2, -0.15) is 5.10 Å². The van der Waals surface area contributed by atoms with Gasteiger partial charge in [-0.1, -0.05) is 18.2 Å². The lowest BCUT2D eigenvalue weighted by atomic mass is 9.87. The molecule has 0 fully saturated rings. The monoisotopic (exact) mass is 271 g/mol. The quantitative estimate of drug-likeness (QED) is 0.868. The van der Waals surface area contributed by atoms with Gasteiger partial charge in [0.1, 0.15) is 11.6 Å². The van der Waals surface area contributed by atoms with E-state index in [4.69, 9.17) is 10.5 Å². The zero-order chi connectivity index (χ0) is 14.1. The highest BCUT2D eigenvalue weighted by atomic mass is 16.5. The van der Waals surface area contributed by atoms with Crippen LogP contribution in [-0.2, 0) is 7.05 Å². The number of para-hydroxylation sites is 1. The van der Waals surface area contributed by atoms with Gasteiger partial charge in [-0.05, 0) is 24.0 Å². The molecule has 3 rings (SSSR count). The van der Waals surface area contributed by atoms with Crippen molar-refractivity contribution in [2.45, 2.75) is 18.8 Å². The molecule has 0 aliphatic carbocycles. The van der Waals surface area contributed by atoms with Crippen LogP contribution in [0.1, 0.15) is 34.7 Å².